The molecule has 2 unspecified atom stereocenters. The third-order valence-corrected chi connectivity index (χ3v) is 7.32. The monoisotopic (exact) mass is 415 g/mol. The van der Waals surface area contributed by atoms with E-state index in [9.17, 15) is 4.79 Å². The number of hydrogen-bond acceptors (Lipinski definition) is 4. The number of amides is 1. The molecule has 2 atom stereocenters. The summed E-state index contributed by atoms with van der Waals surface area (Å²) in [5.41, 5.74) is 1.81. The van der Waals surface area contributed by atoms with Crippen molar-refractivity contribution in [1.82, 2.24) is 20.2 Å². The smallest absolute Gasteiger partial charge is 0.224 e. The number of benzene rings is 1. The van der Waals surface area contributed by atoms with Gasteiger partial charge in [-0.2, -0.15) is 0 Å². The zero-order valence-electron chi connectivity index (χ0n) is 14.6. The van der Waals surface area contributed by atoms with Crippen LogP contribution < -0.4 is 5.32 Å². The summed E-state index contributed by atoms with van der Waals surface area (Å²) in [5, 5.41) is 14.3. The minimum atomic E-state index is 0.122. The Morgan fingerprint density at radius 3 is 2.77 bits per heavy atom. The normalized spacial score (nSPS) is 34.8. The van der Waals surface area contributed by atoms with Crippen molar-refractivity contribution in [3.8, 4) is 5.69 Å². The molecule has 0 radical (unpaired) electrons. The first kappa shape index (κ1) is 16.4. The lowest BCUT2D eigenvalue weighted by atomic mass is 9.48. The van der Waals surface area contributed by atoms with Gasteiger partial charge in [0.15, 0.2) is 0 Å². The van der Waals surface area contributed by atoms with Crippen LogP contribution in [0, 0.1) is 17.3 Å². The van der Waals surface area contributed by atoms with Crippen molar-refractivity contribution >= 4 is 27.5 Å². The predicted octanol–water partition coefficient (Wildman–Crippen LogP) is 3.72. The minimum absolute atomic E-state index is 0.122. The molecular weight excluding hydrogens is 394 g/mol. The molecule has 136 valence electrons. The van der Waals surface area contributed by atoms with Crippen LogP contribution in [0.4, 0.5) is 5.69 Å². The van der Waals surface area contributed by atoms with Gasteiger partial charge in [-0.3, -0.25) is 4.79 Å². The van der Waals surface area contributed by atoms with Gasteiger partial charge in [-0.15, -0.1) is 5.10 Å². The number of tetrazole rings is 1. The lowest BCUT2D eigenvalue weighted by Crippen LogP contribution is -2.53. The van der Waals surface area contributed by atoms with E-state index in [0.717, 1.165) is 29.6 Å². The van der Waals surface area contributed by atoms with E-state index in [0.29, 0.717) is 6.42 Å². The van der Waals surface area contributed by atoms with Crippen LogP contribution in [0.1, 0.15) is 44.9 Å². The zero-order chi connectivity index (χ0) is 17.8. The van der Waals surface area contributed by atoms with Crippen LogP contribution in [0.3, 0.4) is 0 Å². The van der Waals surface area contributed by atoms with Gasteiger partial charge in [-0.1, -0.05) is 22.0 Å². The molecule has 1 aromatic heterocycles. The van der Waals surface area contributed by atoms with Gasteiger partial charge in [-0.25, -0.2) is 4.68 Å². The number of alkyl halides is 1. The molecule has 1 amide bonds. The molecule has 4 aliphatic carbocycles. The molecule has 6 nitrogen and oxygen atoms in total. The molecule has 4 bridgehead atoms. The Morgan fingerprint density at radius 2 is 2.08 bits per heavy atom. The summed E-state index contributed by atoms with van der Waals surface area (Å²) in [7, 11) is 0. The molecule has 0 spiro atoms. The van der Waals surface area contributed by atoms with Crippen molar-refractivity contribution in [2.75, 3.05) is 5.32 Å². The molecule has 4 saturated carbocycles. The molecule has 26 heavy (non-hydrogen) atoms. The SMILES string of the molecule is O=C(CC12CC3CC(CC(Br)(C3)C1)C2)Nc1cccc(-n2cnnn2)c1. The van der Waals surface area contributed by atoms with E-state index in [1.807, 2.05) is 24.3 Å². The summed E-state index contributed by atoms with van der Waals surface area (Å²) < 4.78 is 1.88. The fourth-order valence-corrected chi connectivity index (χ4v) is 7.60. The summed E-state index contributed by atoms with van der Waals surface area (Å²) in [5.74, 6) is 1.72. The van der Waals surface area contributed by atoms with E-state index in [4.69, 9.17) is 0 Å². The number of hydrogen-bond donors (Lipinski definition) is 1. The zero-order valence-corrected chi connectivity index (χ0v) is 16.2. The number of nitrogens with zero attached hydrogens (tertiary/aromatic N) is 4. The van der Waals surface area contributed by atoms with Gasteiger partial charge in [0.2, 0.25) is 5.91 Å². The lowest BCUT2D eigenvalue weighted by molar-refractivity contribution is -0.123. The fraction of sp³-hybridized carbons (Fsp3) is 0.579. The van der Waals surface area contributed by atoms with Crippen molar-refractivity contribution in [2.24, 2.45) is 17.3 Å². The minimum Gasteiger partial charge on any atom is -0.326 e. The standard InChI is InChI=1S/C19H22BrN5O/c20-19-8-13-4-14(9-19)7-18(6-13,11-19)10-17(26)22-15-2-1-3-16(5-15)25-12-21-23-24-25/h1-3,5,12-14H,4,6-11H2,(H,22,26). The number of rotatable bonds is 4. The third kappa shape index (κ3) is 2.96. The summed E-state index contributed by atoms with van der Waals surface area (Å²) >= 11 is 4.03. The lowest BCUT2D eigenvalue weighted by Gasteiger charge is -2.60. The molecule has 2 aromatic rings. The molecule has 0 saturated heterocycles. The summed E-state index contributed by atoms with van der Waals surface area (Å²) in [6.45, 7) is 0. The Bertz CT molecular complexity index is 822. The second kappa shape index (κ2) is 5.87. The van der Waals surface area contributed by atoms with Gasteiger partial charge in [0.25, 0.3) is 0 Å². The van der Waals surface area contributed by atoms with Crippen molar-refractivity contribution in [1.29, 1.82) is 0 Å². The van der Waals surface area contributed by atoms with Crippen LogP contribution in [-0.4, -0.2) is 30.4 Å². The summed E-state index contributed by atoms with van der Waals surface area (Å²) in [6, 6.07) is 7.64. The maximum Gasteiger partial charge on any atom is 0.224 e. The Balaban J connectivity index is 1.30. The van der Waals surface area contributed by atoms with Crippen LogP contribution in [0.15, 0.2) is 30.6 Å². The Kier molecular flexibility index (Phi) is 3.71. The summed E-state index contributed by atoms with van der Waals surface area (Å²) in [6.07, 6.45) is 9.70. The van der Waals surface area contributed by atoms with Crippen molar-refractivity contribution in [2.45, 2.75) is 49.3 Å². The maximum absolute atomic E-state index is 12.8. The molecule has 0 aliphatic heterocycles. The van der Waals surface area contributed by atoms with E-state index in [1.54, 1.807) is 11.0 Å². The molecular formula is C19H22BrN5O. The number of anilines is 1. The maximum atomic E-state index is 12.8. The topological polar surface area (TPSA) is 72.7 Å². The fourth-order valence-electron chi connectivity index (χ4n) is 6.09. The van der Waals surface area contributed by atoms with Gasteiger partial charge in [-0.05, 0) is 84.4 Å². The van der Waals surface area contributed by atoms with E-state index < -0.39 is 0 Å². The highest BCUT2D eigenvalue weighted by Gasteiger charge is 2.57. The quantitative estimate of drug-likeness (QED) is 0.772. The Labute approximate surface area is 160 Å². The first-order valence-corrected chi connectivity index (χ1v) is 10.1. The van der Waals surface area contributed by atoms with Gasteiger partial charge in [0.1, 0.15) is 6.33 Å². The molecule has 6 rings (SSSR count). The van der Waals surface area contributed by atoms with Crippen LogP contribution in [0.5, 0.6) is 0 Å². The Morgan fingerprint density at radius 1 is 1.27 bits per heavy atom. The Hall–Kier alpha value is -1.76. The second-order valence-corrected chi connectivity index (χ2v) is 10.3. The highest BCUT2D eigenvalue weighted by atomic mass is 79.9. The number of nitrogens with one attached hydrogen (secondary N) is 1. The van der Waals surface area contributed by atoms with Crippen LogP contribution in [-0.2, 0) is 4.79 Å². The molecule has 7 heteroatoms. The second-order valence-electron chi connectivity index (χ2n) is 8.64. The van der Waals surface area contributed by atoms with E-state index in [2.05, 4.69) is 36.8 Å². The van der Waals surface area contributed by atoms with Gasteiger partial charge in [0.05, 0.1) is 5.69 Å². The van der Waals surface area contributed by atoms with Crippen LogP contribution >= 0.6 is 15.9 Å². The van der Waals surface area contributed by atoms with Crippen LogP contribution in [0.2, 0.25) is 0 Å². The molecule has 4 fully saturated rings. The molecule has 1 heterocycles. The third-order valence-electron chi connectivity index (χ3n) is 6.39. The van der Waals surface area contributed by atoms with E-state index in [-0.39, 0.29) is 15.6 Å². The first-order chi connectivity index (χ1) is 12.5. The number of carbonyl (C=O) groups is 1. The number of aromatic nitrogens is 4. The summed E-state index contributed by atoms with van der Waals surface area (Å²) in [4.78, 5) is 12.8. The number of carbonyl (C=O) groups excluding carboxylic acids is 1. The highest BCUT2D eigenvalue weighted by molar-refractivity contribution is 9.10. The van der Waals surface area contributed by atoms with Gasteiger partial charge >= 0.3 is 0 Å². The van der Waals surface area contributed by atoms with Crippen molar-refractivity contribution in [3.63, 3.8) is 0 Å². The molecule has 1 N–H and O–H groups in total. The average molecular weight is 416 g/mol. The average Bonchev–Trinajstić information content (AvgIpc) is 3.06. The van der Waals surface area contributed by atoms with E-state index in [1.165, 1.54) is 32.1 Å². The highest BCUT2D eigenvalue weighted by Crippen LogP contribution is 2.65. The van der Waals surface area contributed by atoms with Crippen molar-refractivity contribution < 1.29 is 4.79 Å². The first-order valence-electron chi connectivity index (χ1n) is 9.33. The van der Waals surface area contributed by atoms with E-state index >= 15 is 0 Å². The molecule has 1 aromatic carbocycles. The van der Waals surface area contributed by atoms with Gasteiger partial charge in [0, 0.05) is 16.4 Å². The predicted molar refractivity (Wildman–Crippen MR) is 101 cm³/mol. The largest absolute Gasteiger partial charge is 0.326 e. The molecule has 4 aliphatic rings. The van der Waals surface area contributed by atoms with Crippen LogP contribution in [0.25, 0.3) is 5.69 Å². The van der Waals surface area contributed by atoms with Crippen molar-refractivity contribution in [3.05, 3.63) is 30.6 Å². The number of halogens is 1. The van der Waals surface area contributed by atoms with Gasteiger partial charge < -0.3 is 5.32 Å².